The molecule has 2 heteroatoms. The fraction of sp³-hybridized carbons (Fsp3) is 0.571. The third-order valence-electron chi connectivity index (χ3n) is 3.33. The van der Waals surface area contributed by atoms with E-state index in [4.69, 9.17) is 5.73 Å². The van der Waals surface area contributed by atoms with Gasteiger partial charge in [0.15, 0.2) is 0 Å². The zero-order valence-corrected chi connectivity index (χ0v) is 10.4. The highest BCUT2D eigenvalue weighted by molar-refractivity contribution is 5.30. The van der Waals surface area contributed by atoms with Crippen molar-refractivity contribution in [2.75, 3.05) is 13.2 Å². The van der Waals surface area contributed by atoms with Crippen molar-refractivity contribution >= 4 is 0 Å². The van der Waals surface area contributed by atoms with Crippen LogP contribution in [0.25, 0.3) is 0 Å². The number of nitrogens with two attached hydrogens (primary N) is 1. The van der Waals surface area contributed by atoms with E-state index in [9.17, 15) is 5.11 Å². The molecule has 1 atom stereocenters. The van der Waals surface area contributed by atoms with E-state index < -0.39 is 0 Å². The third kappa shape index (κ3) is 2.83. The van der Waals surface area contributed by atoms with Crippen LogP contribution in [-0.2, 0) is 5.41 Å². The lowest BCUT2D eigenvalue weighted by molar-refractivity contribution is 0.185. The normalized spacial score (nSPS) is 14.8. The number of aliphatic hydroxyl groups excluding tert-OH is 1. The highest BCUT2D eigenvalue weighted by Gasteiger charge is 2.29. The van der Waals surface area contributed by atoms with Gasteiger partial charge in [-0.3, -0.25) is 0 Å². The SMILES string of the molecule is CCCCC(CN)(CO)c1cccc(C)c1. The van der Waals surface area contributed by atoms with E-state index in [1.54, 1.807) is 0 Å². The molecule has 90 valence electrons. The Morgan fingerprint density at radius 2 is 2.12 bits per heavy atom. The van der Waals surface area contributed by atoms with Crippen molar-refractivity contribution in [2.45, 2.75) is 38.5 Å². The van der Waals surface area contributed by atoms with Crippen LogP contribution in [0.2, 0.25) is 0 Å². The van der Waals surface area contributed by atoms with Gasteiger partial charge in [0.1, 0.15) is 0 Å². The second-order valence-corrected chi connectivity index (χ2v) is 4.62. The molecular weight excluding hydrogens is 198 g/mol. The molecule has 1 rings (SSSR count). The van der Waals surface area contributed by atoms with E-state index in [-0.39, 0.29) is 12.0 Å². The maximum Gasteiger partial charge on any atom is 0.0540 e. The van der Waals surface area contributed by atoms with E-state index in [0.29, 0.717) is 6.54 Å². The van der Waals surface area contributed by atoms with E-state index in [1.165, 1.54) is 11.1 Å². The lowest BCUT2D eigenvalue weighted by atomic mass is 9.76. The van der Waals surface area contributed by atoms with Crippen molar-refractivity contribution in [1.29, 1.82) is 0 Å². The summed E-state index contributed by atoms with van der Waals surface area (Å²) in [4.78, 5) is 0. The number of unbranched alkanes of at least 4 members (excludes halogenated alkanes) is 1. The van der Waals surface area contributed by atoms with Gasteiger partial charge in [0.2, 0.25) is 0 Å². The summed E-state index contributed by atoms with van der Waals surface area (Å²) in [6, 6.07) is 8.32. The van der Waals surface area contributed by atoms with E-state index in [2.05, 4.69) is 32.0 Å². The average Bonchev–Trinajstić information content (AvgIpc) is 2.31. The highest BCUT2D eigenvalue weighted by Crippen LogP contribution is 2.29. The molecule has 0 heterocycles. The third-order valence-corrected chi connectivity index (χ3v) is 3.33. The van der Waals surface area contributed by atoms with E-state index in [0.717, 1.165) is 19.3 Å². The fourth-order valence-electron chi connectivity index (χ4n) is 2.09. The standard InChI is InChI=1S/C14H23NO/c1-3-4-8-14(10-15,11-16)13-7-5-6-12(2)9-13/h5-7,9,16H,3-4,8,10-11,15H2,1-2H3. The van der Waals surface area contributed by atoms with Crippen molar-refractivity contribution in [3.63, 3.8) is 0 Å². The fourth-order valence-corrected chi connectivity index (χ4v) is 2.09. The van der Waals surface area contributed by atoms with Gasteiger partial charge in [-0.1, -0.05) is 49.6 Å². The summed E-state index contributed by atoms with van der Waals surface area (Å²) < 4.78 is 0. The molecule has 0 aromatic heterocycles. The number of aryl methyl sites for hydroxylation is 1. The Hall–Kier alpha value is -0.860. The van der Waals surface area contributed by atoms with Crippen LogP contribution in [0.1, 0.15) is 37.3 Å². The van der Waals surface area contributed by atoms with Gasteiger partial charge in [0.05, 0.1) is 6.61 Å². The van der Waals surface area contributed by atoms with Crippen LogP contribution < -0.4 is 5.73 Å². The Morgan fingerprint density at radius 1 is 1.38 bits per heavy atom. The molecule has 3 N–H and O–H groups in total. The molecule has 0 aliphatic rings. The van der Waals surface area contributed by atoms with Crippen molar-refractivity contribution in [3.8, 4) is 0 Å². The molecule has 0 spiro atoms. The van der Waals surface area contributed by atoms with Gasteiger partial charge in [0, 0.05) is 12.0 Å². The van der Waals surface area contributed by atoms with E-state index in [1.807, 2.05) is 6.07 Å². The summed E-state index contributed by atoms with van der Waals surface area (Å²) in [5, 5.41) is 9.67. The van der Waals surface area contributed by atoms with Crippen molar-refractivity contribution in [3.05, 3.63) is 35.4 Å². The summed E-state index contributed by atoms with van der Waals surface area (Å²) in [5.41, 5.74) is 8.03. The molecule has 16 heavy (non-hydrogen) atoms. The average molecular weight is 221 g/mol. The first-order chi connectivity index (χ1) is 7.68. The first-order valence-corrected chi connectivity index (χ1v) is 6.06. The zero-order chi connectivity index (χ0) is 12.0. The second-order valence-electron chi connectivity index (χ2n) is 4.62. The first-order valence-electron chi connectivity index (χ1n) is 6.06. The number of aliphatic hydroxyl groups is 1. The predicted octanol–water partition coefficient (Wildman–Crippen LogP) is 2.37. The topological polar surface area (TPSA) is 46.2 Å². The van der Waals surface area contributed by atoms with Gasteiger partial charge in [0.25, 0.3) is 0 Å². The monoisotopic (exact) mass is 221 g/mol. The van der Waals surface area contributed by atoms with Gasteiger partial charge in [-0.15, -0.1) is 0 Å². The largest absolute Gasteiger partial charge is 0.395 e. The molecule has 0 saturated carbocycles. The van der Waals surface area contributed by atoms with Crippen molar-refractivity contribution < 1.29 is 5.11 Å². The lowest BCUT2D eigenvalue weighted by Crippen LogP contribution is -2.38. The van der Waals surface area contributed by atoms with Crippen LogP contribution in [-0.4, -0.2) is 18.3 Å². The van der Waals surface area contributed by atoms with Crippen LogP contribution in [0.15, 0.2) is 24.3 Å². The van der Waals surface area contributed by atoms with Gasteiger partial charge >= 0.3 is 0 Å². The Kier molecular flexibility index (Phi) is 4.97. The zero-order valence-electron chi connectivity index (χ0n) is 10.4. The van der Waals surface area contributed by atoms with Crippen molar-refractivity contribution in [2.24, 2.45) is 5.73 Å². The molecule has 0 fully saturated rings. The summed E-state index contributed by atoms with van der Waals surface area (Å²) in [6.07, 6.45) is 3.19. The molecule has 1 aromatic carbocycles. The van der Waals surface area contributed by atoms with Crippen LogP contribution >= 0.6 is 0 Å². The maximum absolute atomic E-state index is 9.67. The molecule has 0 amide bonds. The molecule has 0 aliphatic heterocycles. The minimum Gasteiger partial charge on any atom is -0.395 e. The molecule has 1 unspecified atom stereocenters. The molecule has 0 radical (unpaired) electrons. The lowest BCUT2D eigenvalue weighted by Gasteiger charge is -2.31. The minimum absolute atomic E-state index is 0.132. The smallest absolute Gasteiger partial charge is 0.0540 e. The second kappa shape index (κ2) is 6.02. The van der Waals surface area contributed by atoms with Gasteiger partial charge in [-0.25, -0.2) is 0 Å². The van der Waals surface area contributed by atoms with Gasteiger partial charge in [-0.2, -0.15) is 0 Å². The van der Waals surface area contributed by atoms with Crippen LogP contribution in [0.5, 0.6) is 0 Å². The Labute approximate surface area is 98.5 Å². The predicted molar refractivity (Wildman–Crippen MR) is 68.5 cm³/mol. The number of benzene rings is 1. The van der Waals surface area contributed by atoms with Gasteiger partial charge in [-0.05, 0) is 18.9 Å². The molecule has 0 bridgehead atoms. The minimum atomic E-state index is -0.248. The Balaban J connectivity index is 2.99. The van der Waals surface area contributed by atoms with Gasteiger partial charge < -0.3 is 10.8 Å². The quantitative estimate of drug-likeness (QED) is 0.774. The number of hydrogen-bond donors (Lipinski definition) is 2. The molecule has 2 nitrogen and oxygen atoms in total. The molecule has 1 aromatic rings. The Morgan fingerprint density at radius 3 is 2.62 bits per heavy atom. The van der Waals surface area contributed by atoms with Crippen molar-refractivity contribution in [1.82, 2.24) is 0 Å². The molecule has 0 saturated heterocycles. The number of rotatable bonds is 6. The van der Waals surface area contributed by atoms with Crippen LogP contribution in [0.4, 0.5) is 0 Å². The van der Waals surface area contributed by atoms with Crippen LogP contribution in [0, 0.1) is 6.92 Å². The summed E-state index contributed by atoms with van der Waals surface area (Å²) in [5.74, 6) is 0. The highest BCUT2D eigenvalue weighted by atomic mass is 16.3. The first kappa shape index (κ1) is 13.2. The summed E-state index contributed by atoms with van der Waals surface area (Å²) in [7, 11) is 0. The number of hydrogen-bond acceptors (Lipinski definition) is 2. The maximum atomic E-state index is 9.67. The van der Waals surface area contributed by atoms with E-state index >= 15 is 0 Å². The Bertz CT molecular complexity index is 318. The molecular formula is C14H23NO. The summed E-state index contributed by atoms with van der Waals surface area (Å²) in [6.45, 7) is 4.87. The molecule has 0 aliphatic carbocycles. The summed E-state index contributed by atoms with van der Waals surface area (Å²) >= 11 is 0. The van der Waals surface area contributed by atoms with Crippen LogP contribution in [0.3, 0.4) is 0 Å².